The second-order valence-corrected chi connectivity index (χ2v) is 11.8. The molecular weight excluding hydrogens is 534 g/mol. The maximum Gasteiger partial charge on any atom is 0.278 e. The molecule has 1 atom stereocenters. The molecule has 4 heterocycles. The van der Waals surface area contributed by atoms with Crippen molar-refractivity contribution in [2.45, 2.75) is 16.6 Å². The number of carbonyl (C=O) groups excluding carboxylic acids is 1. The fraction of sp³-hybridized carbons (Fsp3) is 0.417. The van der Waals surface area contributed by atoms with Gasteiger partial charge in [-0.15, -0.1) is 0 Å². The Labute approximate surface area is 223 Å². The zero-order chi connectivity index (χ0) is 26.5. The minimum atomic E-state index is -3.53. The number of nitrogens with one attached hydrogen (secondary N) is 1. The Morgan fingerprint density at radius 1 is 1.13 bits per heavy atom. The second-order valence-electron chi connectivity index (χ2n) is 8.59. The van der Waals surface area contributed by atoms with Crippen LogP contribution in [-0.2, 0) is 24.1 Å². The lowest BCUT2D eigenvalue weighted by Gasteiger charge is -2.25. The Hall–Kier alpha value is -3.17. The highest BCUT2D eigenvalue weighted by Crippen LogP contribution is 2.27. The normalized spacial score (nSPS) is 18.6. The lowest BCUT2D eigenvalue weighted by Crippen LogP contribution is -2.35. The highest BCUT2D eigenvalue weighted by Gasteiger charge is 2.31. The molecule has 0 radical (unpaired) electrons. The van der Waals surface area contributed by atoms with Crippen LogP contribution in [0.5, 0.6) is 5.88 Å². The van der Waals surface area contributed by atoms with Crippen LogP contribution in [0.25, 0.3) is 10.3 Å². The number of amides is 1. The van der Waals surface area contributed by atoms with Crippen molar-refractivity contribution in [3.8, 4) is 5.88 Å². The Morgan fingerprint density at radius 3 is 2.63 bits per heavy atom. The number of fused-ring (bicyclic) bond motifs is 1. The molecule has 2 saturated heterocycles. The van der Waals surface area contributed by atoms with E-state index in [4.69, 9.17) is 19.3 Å². The number of benzene rings is 1. The van der Waals surface area contributed by atoms with Crippen molar-refractivity contribution in [2.75, 3.05) is 58.0 Å². The van der Waals surface area contributed by atoms with Gasteiger partial charge in [-0.2, -0.15) is 5.10 Å². The van der Waals surface area contributed by atoms with Gasteiger partial charge < -0.3 is 19.3 Å². The summed E-state index contributed by atoms with van der Waals surface area (Å²) in [4.78, 5) is 22.9. The van der Waals surface area contributed by atoms with Gasteiger partial charge >= 0.3 is 0 Å². The van der Waals surface area contributed by atoms with Crippen LogP contribution in [0.2, 0.25) is 0 Å². The number of aliphatic hydroxyl groups excluding tert-OH is 1. The van der Waals surface area contributed by atoms with Gasteiger partial charge in [-0.3, -0.25) is 15.1 Å². The number of anilines is 1. The van der Waals surface area contributed by atoms with E-state index in [-0.39, 0.29) is 30.4 Å². The molecule has 2 fully saturated rings. The molecule has 2 aliphatic heterocycles. The van der Waals surface area contributed by atoms with Gasteiger partial charge in [0, 0.05) is 18.2 Å². The van der Waals surface area contributed by atoms with E-state index in [0.717, 1.165) is 0 Å². The first-order chi connectivity index (χ1) is 18.4. The number of carbonyl (C=O) groups is 1. The summed E-state index contributed by atoms with van der Waals surface area (Å²) in [5, 5.41) is 17.8. The minimum Gasteiger partial charge on any atom is -0.475 e. The van der Waals surface area contributed by atoms with Crippen LogP contribution in [0.3, 0.4) is 0 Å². The maximum atomic E-state index is 13.4. The van der Waals surface area contributed by atoms with E-state index in [0.29, 0.717) is 66.3 Å². The molecule has 3 aromatic rings. The summed E-state index contributed by atoms with van der Waals surface area (Å²) in [7, 11) is -3.53. The first-order valence-corrected chi connectivity index (χ1v) is 14.5. The molecule has 14 heteroatoms. The highest BCUT2D eigenvalue weighted by molar-refractivity contribution is 7.92. The first-order valence-electron chi connectivity index (χ1n) is 12.1. The molecule has 0 unspecified atom stereocenters. The van der Waals surface area contributed by atoms with Crippen LogP contribution in [0.1, 0.15) is 12.0 Å². The molecule has 38 heavy (non-hydrogen) atoms. The Bertz CT molecular complexity index is 1410. The molecular formula is C24H27N5O7S2. The number of nitrogens with zero attached hydrogens (tertiary/aromatic N) is 4. The average Bonchev–Trinajstić information content (AvgIpc) is 3.61. The fourth-order valence-corrected chi connectivity index (χ4v) is 6.43. The number of aliphatic hydroxyl groups is 1. The van der Waals surface area contributed by atoms with Crippen LogP contribution in [0.4, 0.5) is 5.13 Å². The van der Waals surface area contributed by atoms with E-state index in [1.54, 1.807) is 29.3 Å². The average molecular weight is 562 g/mol. The number of hydrogen-bond donors (Lipinski definition) is 2. The number of hydrazone groups is 1. The Kier molecular flexibility index (Phi) is 8.14. The molecule has 0 bridgehead atoms. The summed E-state index contributed by atoms with van der Waals surface area (Å²) in [5.74, 6) is -0.144. The minimum absolute atomic E-state index is 0.122. The van der Waals surface area contributed by atoms with Gasteiger partial charge in [0.2, 0.25) is 5.88 Å². The molecule has 0 saturated carbocycles. The van der Waals surface area contributed by atoms with E-state index in [1.807, 2.05) is 0 Å². The zero-order valence-electron chi connectivity index (χ0n) is 20.4. The van der Waals surface area contributed by atoms with Crippen molar-refractivity contribution in [1.29, 1.82) is 0 Å². The number of aromatic nitrogens is 2. The van der Waals surface area contributed by atoms with Gasteiger partial charge in [0.05, 0.1) is 49.7 Å². The lowest BCUT2D eigenvalue weighted by atomic mass is 10.1. The number of rotatable bonds is 9. The Balaban J connectivity index is 1.40. The largest absolute Gasteiger partial charge is 0.475 e. The van der Waals surface area contributed by atoms with Crippen molar-refractivity contribution in [1.82, 2.24) is 15.0 Å². The topological polar surface area (TPSA) is 153 Å². The monoisotopic (exact) mass is 561 g/mol. The maximum absolute atomic E-state index is 13.4. The van der Waals surface area contributed by atoms with Crippen LogP contribution >= 0.6 is 11.3 Å². The zero-order valence-corrected chi connectivity index (χ0v) is 22.0. The SMILES string of the molecule is O=C(Nc1nc2ccc(OCCO)nc2s1)/C(=N/N1CCOCC1)c1ccc(S(=O)(=O)[C@H]2CCOC2)cc1. The molecule has 1 amide bonds. The van der Waals surface area contributed by atoms with Gasteiger partial charge in [-0.05, 0) is 24.6 Å². The summed E-state index contributed by atoms with van der Waals surface area (Å²) >= 11 is 1.18. The summed E-state index contributed by atoms with van der Waals surface area (Å²) in [6, 6.07) is 9.54. The van der Waals surface area contributed by atoms with E-state index < -0.39 is 21.0 Å². The summed E-state index contributed by atoms with van der Waals surface area (Å²) in [6.45, 7) is 2.62. The number of sulfone groups is 1. The molecule has 0 aliphatic carbocycles. The van der Waals surface area contributed by atoms with E-state index in [9.17, 15) is 13.2 Å². The lowest BCUT2D eigenvalue weighted by molar-refractivity contribution is -0.110. The van der Waals surface area contributed by atoms with Crippen molar-refractivity contribution in [3.05, 3.63) is 42.0 Å². The van der Waals surface area contributed by atoms with Gasteiger partial charge in [-0.25, -0.2) is 18.4 Å². The molecule has 5 rings (SSSR count). The standard InChI is InChI=1S/C24H27N5O7S2/c30-10-14-36-20-6-5-19-23(26-20)37-24(25-19)27-22(31)21(28-29-8-12-34-13-9-29)16-1-3-17(4-2-16)38(32,33)18-7-11-35-15-18/h1-6,18,30H,7-15H2,(H,25,27,31)/b28-21+/t18-/m0/s1. The number of thiazole rings is 1. The van der Waals surface area contributed by atoms with Crippen LogP contribution in [-0.4, -0.2) is 98.1 Å². The highest BCUT2D eigenvalue weighted by atomic mass is 32.2. The molecule has 202 valence electrons. The van der Waals surface area contributed by atoms with Gasteiger partial charge in [0.1, 0.15) is 17.0 Å². The van der Waals surface area contributed by atoms with Gasteiger partial charge in [0.15, 0.2) is 20.7 Å². The molecule has 1 aromatic carbocycles. The van der Waals surface area contributed by atoms with E-state index in [1.165, 1.54) is 23.5 Å². The number of hydrogen-bond acceptors (Lipinski definition) is 12. The third-order valence-corrected chi connectivity index (χ3v) is 9.08. The predicted molar refractivity (Wildman–Crippen MR) is 140 cm³/mol. The number of ether oxygens (including phenoxy) is 3. The van der Waals surface area contributed by atoms with Crippen molar-refractivity contribution in [2.24, 2.45) is 5.10 Å². The molecule has 2 aliphatic rings. The molecule has 12 nitrogen and oxygen atoms in total. The number of pyridine rings is 1. The van der Waals surface area contributed by atoms with Crippen molar-refractivity contribution >= 4 is 48.3 Å². The van der Waals surface area contributed by atoms with Crippen molar-refractivity contribution < 1.29 is 32.5 Å². The fourth-order valence-electron chi connectivity index (χ4n) is 4.02. The third-order valence-electron chi connectivity index (χ3n) is 6.02. The first kappa shape index (κ1) is 26.4. The molecule has 2 aromatic heterocycles. The summed E-state index contributed by atoms with van der Waals surface area (Å²) in [5.41, 5.74) is 1.17. The predicted octanol–water partition coefficient (Wildman–Crippen LogP) is 1.30. The second kappa shape index (κ2) is 11.7. The van der Waals surface area contributed by atoms with Gasteiger partial charge in [-0.1, -0.05) is 23.5 Å². The van der Waals surface area contributed by atoms with E-state index in [2.05, 4.69) is 20.4 Å². The van der Waals surface area contributed by atoms with Crippen LogP contribution in [0, 0.1) is 0 Å². The summed E-state index contributed by atoms with van der Waals surface area (Å²) < 4.78 is 41.8. The molecule has 0 spiro atoms. The molecule has 2 N–H and O–H groups in total. The third kappa shape index (κ3) is 5.94. The van der Waals surface area contributed by atoms with Crippen molar-refractivity contribution in [3.63, 3.8) is 0 Å². The number of morpholine rings is 1. The van der Waals surface area contributed by atoms with E-state index >= 15 is 0 Å². The Morgan fingerprint density at radius 2 is 1.92 bits per heavy atom. The van der Waals surface area contributed by atoms with Crippen LogP contribution in [0.15, 0.2) is 46.4 Å². The van der Waals surface area contributed by atoms with Crippen LogP contribution < -0.4 is 10.1 Å². The summed E-state index contributed by atoms with van der Waals surface area (Å²) in [6.07, 6.45) is 0.461. The van der Waals surface area contributed by atoms with Gasteiger partial charge in [0.25, 0.3) is 5.91 Å². The smallest absolute Gasteiger partial charge is 0.278 e. The quantitative estimate of drug-likeness (QED) is 0.366.